The molecule has 0 bridgehead atoms. The maximum Gasteiger partial charge on any atom is 0.255 e. The molecule has 0 atom stereocenters. The lowest BCUT2D eigenvalue weighted by Gasteiger charge is -2.29. The summed E-state index contributed by atoms with van der Waals surface area (Å²) in [7, 11) is 0. The largest absolute Gasteiger partial charge is 0.352 e. The molecular weight excluding hydrogens is 393 g/mol. The number of hydrogen-bond acceptors (Lipinski definition) is 7. The molecule has 1 amide bonds. The Morgan fingerprint density at radius 3 is 3.00 bits per heavy atom. The van der Waals surface area contributed by atoms with Gasteiger partial charge in [0.25, 0.3) is 5.91 Å². The molecule has 0 unspecified atom stereocenters. The standard InChI is InChI=1S/C20H18FN5O2S/c21-10-13-2-1-3-16(8-13)24-19(27)14-4-6-22-18(9-14)26-7-5-17-15(12-26)11-23-20(25-17)29-28/h1-4,6,8-9,11,28H,5,7,10,12H2,(H,24,27). The topological polar surface area (TPSA) is 91.2 Å². The molecule has 0 spiro atoms. The molecule has 7 nitrogen and oxygen atoms in total. The van der Waals surface area contributed by atoms with Crippen molar-refractivity contribution in [1.82, 2.24) is 15.0 Å². The van der Waals surface area contributed by atoms with Crippen LogP contribution in [-0.2, 0) is 19.6 Å². The second-order valence-corrected chi connectivity index (χ2v) is 7.13. The zero-order valence-electron chi connectivity index (χ0n) is 15.4. The maximum atomic E-state index is 12.8. The van der Waals surface area contributed by atoms with Gasteiger partial charge in [-0.3, -0.25) is 4.79 Å². The van der Waals surface area contributed by atoms with E-state index in [0.717, 1.165) is 11.3 Å². The van der Waals surface area contributed by atoms with Gasteiger partial charge in [0.15, 0.2) is 0 Å². The van der Waals surface area contributed by atoms with Gasteiger partial charge in [-0.25, -0.2) is 19.3 Å². The quantitative estimate of drug-likeness (QED) is 0.488. The van der Waals surface area contributed by atoms with Gasteiger partial charge in [0.05, 0.1) is 17.7 Å². The minimum absolute atomic E-state index is 0.282. The van der Waals surface area contributed by atoms with Gasteiger partial charge < -0.3 is 14.8 Å². The molecule has 1 aliphatic heterocycles. The summed E-state index contributed by atoms with van der Waals surface area (Å²) in [5.41, 5.74) is 3.40. The highest BCUT2D eigenvalue weighted by molar-refractivity contribution is 7.93. The molecule has 148 valence electrons. The molecule has 3 aromatic rings. The lowest BCUT2D eigenvalue weighted by atomic mass is 10.1. The molecule has 29 heavy (non-hydrogen) atoms. The Labute approximate surface area is 171 Å². The molecule has 2 aromatic heterocycles. The van der Waals surface area contributed by atoms with Crippen LogP contribution < -0.4 is 10.2 Å². The van der Waals surface area contributed by atoms with Crippen LogP contribution in [0, 0.1) is 0 Å². The molecule has 0 aliphatic carbocycles. The first-order valence-corrected chi connectivity index (χ1v) is 9.77. The number of aromatic nitrogens is 3. The van der Waals surface area contributed by atoms with Gasteiger partial charge in [-0.2, -0.15) is 0 Å². The molecule has 4 rings (SSSR count). The second kappa shape index (κ2) is 8.54. The van der Waals surface area contributed by atoms with Crippen molar-refractivity contribution in [2.24, 2.45) is 0 Å². The predicted molar refractivity (Wildman–Crippen MR) is 109 cm³/mol. The van der Waals surface area contributed by atoms with Crippen LogP contribution in [0.5, 0.6) is 0 Å². The minimum atomic E-state index is -0.582. The highest BCUT2D eigenvalue weighted by Crippen LogP contribution is 2.24. The smallest absolute Gasteiger partial charge is 0.255 e. The molecule has 0 radical (unpaired) electrons. The summed E-state index contributed by atoms with van der Waals surface area (Å²) in [6.45, 7) is 0.681. The van der Waals surface area contributed by atoms with E-state index in [0.29, 0.717) is 59.3 Å². The number of carbonyl (C=O) groups is 1. The van der Waals surface area contributed by atoms with Crippen molar-refractivity contribution < 1.29 is 13.7 Å². The fourth-order valence-corrected chi connectivity index (χ4v) is 3.46. The Morgan fingerprint density at radius 1 is 1.28 bits per heavy atom. The molecular formula is C20H18FN5O2S. The highest BCUT2D eigenvalue weighted by atomic mass is 32.2. The monoisotopic (exact) mass is 411 g/mol. The van der Waals surface area contributed by atoms with Crippen molar-refractivity contribution in [3.63, 3.8) is 0 Å². The van der Waals surface area contributed by atoms with Crippen molar-refractivity contribution in [3.8, 4) is 0 Å². The molecule has 0 saturated heterocycles. The normalized spacial score (nSPS) is 13.1. The van der Waals surface area contributed by atoms with Crippen LogP contribution in [0.2, 0.25) is 0 Å². The third-order valence-electron chi connectivity index (χ3n) is 4.66. The number of pyridine rings is 1. The van der Waals surface area contributed by atoms with Crippen LogP contribution in [0.25, 0.3) is 0 Å². The minimum Gasteiger partial charge on any atom is -0.352 e. The molecule has 2 N–H and O–H groups in total. The maximum absolute atomic E-state index is 12.8. The SMILES string of the molecule is O=C(Nc1cccc(CF)c1)c1ccnc(N2CCc3nc(SO)ncc3C2)c1. The zero-order valence-corrected chi connectivity index (χ0v) is 16.2. The van der Waals surface area contributed by atoms with Crippen molar-refractivity contribution in [2.45, 2.75) is 24.8 Å². The van der Waals surface area contributed by atoms with Gasteiger partial charge in [-0.15, -0.1) is 0 Å². The van der Waals surface area contributed by atoms with Crippen molar-refractivity contribution >= 4 is 29.5 Å². The van der Waals surface area contributed by atoms with E-state index in [-0.39, 0.29) is 5.91 Å². The Morgan fingerprint density at radius 2 is 2.17 bits per heavy atom. The number of rotatable bonds is 5. The molecule has 3 heterocycles. The van der Waals surface area contributed by atoms with E-state index in [2.05, 4.69) is 25.2 Å². The second-order valence-electron chi connectivity index (χ2n) is 6.58. The third-order valence-corrected chi connectivity index (χ3v) is 5.02. The molecule has 9 heteroatoms. The zero-order chi connectivity index (χ0) is 20.2. The summed E-state index contributed by atoms with van der Waals surface area (Å²) in [6.07, 6.45) is 4.00. The number of fused-ring (bicyclic) bond motifs is 1. The van der Waals surface area contributed by atoms with Crippen molar-refractivity contribution in [3.05, 3.63) is 71.2 Å². The summed E-state index contributed by atoms with van der Waals surface area (Å²) in [5.74, 6) is 0.399. The van der Waals surface area contributed by atoms with Gasteiger partial charge >= 0.3 is 0 Å². The molecule has 1 aromatic carbocycles. The number of amides is 1. The molecule has 0 fully saturated rings. The summed E-state index contributed by atoms with van der Waals surface area (Å²) < 4.78 is 21.9. The number of halogens is 1. The number of hydrogen-bond donors (Lipinski definition) is 2. The van der Waals surface area contributed by atoms with Gasteiger partial charge in [-0.05, 0) is 29.8 Å². The van der Waals surface area contributed by atoms with E-state index in [1.165, 1.54) is 0 Å². The van der Waals surface area contributed by atoms with E-state index >= 15 is 0 Å². The van der Waals surface area contributed by atoms with E-state index in [4.69, 9.17) is 4.55 Å². The van der Waals surface area contributed by atoms with Gasteiger partial charge in [0, 0.05) is 48.7 Å². The predicted octanol–water partition coefficient (Wildman–Crippen LogP) is 3.72. The average molecular weight is 411 g/mol. The van der Waals surface area contributed by atoms with Gasteiger partial charge in [-0.1, -0.05) is 12.1 Å². The van der Waals surface area contributed by atoms with Crippen LogP contribution in [-0.4, -0.2) is 32.0 Å². The number of nitrogens with one attached hydrogen (secondary N) is 1. The first-order valence-electron chi connectivity index (χ1n) is 9.00. The van der Waals surface area contributed by atoms with Crippen LogP contribution in [0.1, 0.15) is 27.2 Å². The van der Waals surface area contributed by atoms with E-state index in [1.807, 2.05) is 0 Å². The highest BCUT2D eigenvalue weighted by Gasteiger charge is 2.20. The number of alkyl halides is 1. The van der Waals surface area contributed by atoms with Crippen LogP contribution >= 0.6 is 12.0 Å². The Kier molecular flexibility index (Phi) is 5.68. The Hall–Kier alpha value is -3.04. The number of nitrogens with zero attached hydrogens (tertiary/aromatic N) is 4. The fraction of sp³-hybridized carbons (Fsp3) is 0.200. The summed E-state index contributed by atoms with van der Waals surface area (Å²) in [5, 5.41) is 3.13. The lowest BCUT2D eigenvalue weighted by Crippen LogP contribution is -2.32. The Bertz CT molecular complexity index is 1050. The third kappa shape index (κ3) is 4.36. The fourth-order valence-electron chi connectivity index (χ4n) is 3.21. The van der Waals surface area contributed by atoms with E-state index < -0.39 is 6.67 Å². The summed E-state index contributed by atoms with van der Waals surface area (Å²) in [4.78, 5) is 27.5. The number of benzene rings is 1. The van der Waals surface area contributed by atoms with Crippen LogP contribution in [0.4, 0.5) is 15.9 Å². The molecule has 1 aliphatic rings. The van der Waals surface area contributed by atoms with E-state index in [1.54, 1.807) is 48.8 Å². The number of carbonyl (C=O) groups excluding carboxylic acids is 1. The average Bonchev–Trinajstić information content (AvgIpc) is 2.78. The van der Waals surface area contributed by atoms with E-state index in [9.17, 15) is 9.18 Å². The summed E-state index contributed by atoms with van der Waals surface area (Å²) in [6, 6.07) is 10.1. The first kappa shape index (κ1) is 19.3. The van der Waals surface area contributed by atoms with Crippen LogP contribution in [0.15, 0.2) is 53.9 Å². The van der Waals surface area contributed by atoms with Crippen LogP contribution in [0.3, 0.4) is 0 Å². The molecule has 0 saturated carbocycles. The van der Waals surface area contributed by atoms with Gasteiger partial charge in [0.1, 0.15) is 12.5 Å². The van der Waals surface area contributed by atoms with Gasteiger partial charge in [0.2, 0.25) is 5.16 Å². The van der Waals surface area contributed by atoms with Crippen molar-refractivity contribution in [2.75, 3.05) is 16.8 Å². The first-order chi connectivity index (χ1) is 14.2. The van der Waals surface area contributed by atoms with Crippen molar-refractivity contribution in [1.29, 1.82) is 0 Å². The summed E-state index contributed by atoms with van der Waals surface area (Å²) >= 11 is 0.533. The number of anilines is 2. The lowest BCUT2D eigenvalue weighted by molar-refractivity contribution is 0.102. The Balaban J connectivity index is 1.50.